The molecule has 3 aliphatic rings. The molecule has 2 nitrogen and oxygen atoms in total. The van der Waals surface area contributed by atoms with Crippen molar-refractivity contribution >= 4 is 11.3 Å². The summed E-state index contributed by atoms with van der Waals surface area (Å²) in [4.78, 5) is 1.53. The number of hydrogen-bond donors (Lipinski definition) is 0. The second-order valence-corrected chi connectivity index (χ2v) is 12.1. The van der Waals surface area contributed by atoms with E-state index in [1.165, 1.54) is 61.8 Å². The fraction of sp³-hybridized carbons (Fsp3) is 0.778. The summed E-state index contributed by atoms with van der Waals surface area (Å²) < 4.78 is 0. The maximum atomic E-state index is 9.39. The number of rotatable bonds is 6. The Morgan fingerprint density at radius 2 is 1.87 bits per heavy atom. The molecule has 0 saturated heterocycles. The van der Waals surface area contributed by atoms with Crippen LogP contribution < -0.4 is 0 Å². The van der Waals surface area contributed by atoms with E-state index in [1.807, 2.05) is 11.3 Å². The van der Waals surface area contributed by atoms with E-state index in [4.69, 9.17) is 0 Å². The van der Waals surface area contributed by atoms with Crippen molar-refractivity contribution in [2.75, 3.05) is 0 Å². The molecule has 0 N–H and O–H groups in total. The molecule has 30 heavy (non-hydrogen) atoms. The predicted octanol–water partition coefficient (Wildman–Crippen LogP) is 7.81. The van der Waals surface area contributed by atoms with Gasteiger partial charge in [-0.15, -0.1) is 11.3 Å². The Bertz CT molecular complexity index is 826. The van der Waals surface area contributed by atoms with Gasteiger partial charge in [0.05, 0.1) is 12.1 Å². The minimum atomic E-state index is -0.585. The molecule has 162 valence electrons. The zero-order valence-corrected chi connectivity index (χ0v) is 20.1. The molecule has 2 fully saturated rings. The van der Waals surface area contributed by atoms with E-state index < -0.39 is 5.92 Å². The highest BCUT2D eigenvalue weighted by Crippen LogP contribution is 2.65. The van der Waals surface area contributed by atoms with E-state index in [9.17, 15) is 10.5 Å². The normalized spacial score (nSPS) is 33.5. The standard InChI is InChI=1S/C27H38N2S/c1-17(2)6-5-7-18(3)24-10-11-25-20-8-9-21-23(19(14-28)15-29)16-30-26(21)22(20)12-13-27(24,25)4/h16-20,22,24-25H,5-13H2,1-4H3/t18-,20-,22+,24-,25-,27+/m0/s1. The Morgan fingerprint density at radius 3 is 2.57 bits per heavy atom. The second-order valence-electron chi connectivity index (χ2n) is 11.2. The van der Waals surface area contributed by atoms with Gasteiger partial charge in [0, 0.05) is 4.88 Å². The van der Waals surface area contributed by atoms with Crippen molar-refractivity contribution < 1.29 is 0 Å². The number of hydrogen-bond acceptors (Lipinski definition) is 3. The van der Waals surface area contributed by atoms with Crippen molar-refractivity contribution in [3.8, 4) is 12.1 Å². The monoisotopic (exact) mass is 422 g/mol. The molecule has 2 saturated carbocycles. The van der Waals surface area contributed by atoms with Crippen LogP contribution in [0.1, 0.15) is 107 Å². The van der Waals surface area contributed by atoms with Gasteiger partial charge in [0.2, 0.25) is 0 Å². The SMILES string of the molecule is CC(C)CCC[C@H](C)[C@@H]1CC[C@H]2[C@H]3CCc4c(C(C#N)C#N)csc4[C@@H]3CC[C@@]21C. The summed E-state index contributed by atoms with van der Waals surface area (Å²) in [6, 6.07) is 4.41. The first-order valence-electron chi connectivity index (χ1n) is 12.3. The van der Waals surface area contributed by atoms with Gasteiger partial charge in [-0.05, 0) is 96.0 Å². The van der Waals surface area contributed by atoms with Crippen LogP contribution >= 0.6 is 11.3 Å². The highest BCUT2D eigenvalue weighted by molar-refractivity contribution is 7.10. The molecular formula is C27H38N2S. The topological polar surface area (TPSA) is 47.6 Å². The van der Waals surface area contributed by atoms with Crippen LogP contribution in [-0.2, 0) is 6.42 Å². The first kappa shape index (κ1) is 21.9. The smallest absolute Gasteiger partial charge is 0.159 e. The summed E-state index contributed by atoms with van der Waals surface area (Å²) in [5.74, 6) is 4.37. The van der Waals surface area contributed by atoms with Gasteiger partial charge < -0.3 is 0 Å². The Labute approximate surface area is 187 Å². The lowest BCUT2D eigenvalue weighted by Crippen LogP contribution is -2.43. The van der Waals surface area contributed by atoms with Crippen LogP contribution in [0.3, 0.4) is 0 Å². The van der Waals surface area contributed by atoms with E-state index in [-0.39, 0.29) is 0 Å². The molecule has 0 radical (unpaired) electrons. The van der Waals surface area contributed by atoms with Crippen molar-refractivity contribution in [2.24, 2.45) is 35.0 Å². The molecule has 1 aromatic heterocycles. The highest BCUT2D eigenvalue weighted by Gasteiger charge is 2.55. The molecular weight excluding hydrogens is 384 g/mol. The minimum absolute atomic E-state index is 0.526. The Morgan fingerprint density at radius 1 is 1.10 bits per heavy atom. The molecule has 6 atom stereocenters. The van der Waals surface area contributed by atoms with E-state index in [2.05, 4.69) is 45.2 Å². The molecule has 1 heterocycles. The molecule has 0 unspecified atom stereocenters. The molecule has 0 aliphatic heterocycles. The third-order valence-electron chi connectivity index (χ3n) is 9.23. The molecule has 0 amide bonds. The van der Waals surface area contributed by atoms with Gasteiger partial charge in [-0.2, -0.15) is 10.5 Å². The summed E-state index contributed by atoms with van der Waals surface area (Å²) in [6.45, 7) is 9.88. The molecule has 0 aromatic carbocycles. The Kier molecular flexibility index (Phi) is 6.33. The largest absolute Gasteiger partial charge is 0.196 e. The average Bonchev–Trinajstić information content (AvgIpc) is 3.30. The quantitative estimate of drug-likeness (QED) is 0.469. The lowest BCUT2D eigenvalue weighted by molar-refractivity contribution is 0.0105. The van der Waals surface area contributed by atoms with Crippen molar-refractivity contribution in [3.05, 3.63) is 21.4 Å². The summed E-state index contributed by atoms with van der Waals surface area (Å²) in [5.41, 5.74) is 2.92. The summed E-state index contributed by atoms with van der Waals surface area (Å²) in [7, 11) is 0. The van der Waals surface area contributed by atoms with Gasteiger partial charge in [-0.3, -0.25) is 0 Å². The second kappa shape index (κ2) is 8.67. The first-order chi connectivity index (χ1) is 14.4. The van der Waals surface area contributed by atoms with Crippen molar-refractivity contribution in [1.29, 1.82) is 10.5 Å². The molecule has 1 aromatic rings. The highest BCUT2D eigenvalue weighted by atomic mass is 32.1. The maximum absolute atomic E-state index is 9.39. The fourth-order valence-corrected chi connectivity index (χ4v) is 9.11. The van der Waals surface area contributed by atoms with Crippen molar-refractivity contribution in [2.45, 2.75) is 97.3 Å². The third kappa shape index (κ3) is 3.62. The third-order valence-corrected chi connectivity index (χ3v) is 10.4. The molecule has 0 bridgehead atoms. The first-order valence-corrected chi connectivity index (χ1v) is 13.2. The van der Waals surface area contributed by atoms with Crippen LogP contribution in [0.4, 0.5) is 0 Å². The minimum Gasteiger partial charge on any atom is -0.196 e. The van der Waals surface area contributed by atoms with Crippen molar-refractivity contribution in [1.82, 2.24) is 0 Å². The number of nitrogens with zero attached hydrogens (tertiary/aromatic N) is 2. The molecule has 4 rings (SSSR count). The van der Waals surface area contributed by atoms with Crippen LogP contribution in [0.5, 0.6) is 0 Å². The van der Waals surface area contributed by atoms with Crippen LogP contribution in [0.2, 0.25) is 0 Å². The van der Waals surface area contributed by atoms with E-state index in [1.54, 1.807) is 0 Å². The van der Waals surface area contributed by atoms with E-state index in [0.29, 0.717) is 11.3 Å². The average molecular weight is 423 g/mol. The lowest BCUT2D eigenvalue weighted by atomic mass is 9.54. The van der Waals surface area contributed by atoms with Gasteiger partial charge in [-0.1, -0.05) is 47.0 Å². The molecule has 3 aliphatic carbocycles. The lowest BCUT2D eigenvalue weighted by Gasteiger charge is -2.51. The van der Waals surface area contributed by atoms with E-state index >= 15 is 0 Å². The summed E-state index contributed by atoms with van der Waals surface area (Å²) in [5, 5.41) is 20.9. The number of fused-ring (bicyclic) bond motifs is 5. The Hall–Kier alpha value is -1.32. The van der Waals surface area contributed by atoms with Gasteiger partial charge in [0.25, 0.3) is 0 Å². The molecule has 0 spiro atoms. The maximum Gasteiger partial charge on any atom is 0.159 e. The van der Waals surface area contributed by atoms with Crippen molar-refractivity contribution in [3.63, 3.8) is 0 Å². The van der Waals surface area contributed by atoms with Gasteiger partial charge in [0.1, 0.15) is 0 Å². The molecule has 3 heteroatoms. The van der Waals surface area contributed by atoms with Crippen LogP contribution in [-0.4, -0.2) is 0 Å². The summed E-state index contributed by atoms with van der Waals surface area (Å²) in [6.07, 6.45) is 12.0. The number of thiophene rings is 1. The van der Waals surface area contributed by atoms with Crippen LogP contribution in [0, 0.1) is 57.7 Å². The summed E-state index contributed by atoms with van der Waals surface area (Å²) >= 11 is 1.85. The van der Waals surface area contributed by atoms with Gasteiger partial charge in [-0.25, -0.2) is 0 Å². The zero-order chi connectivity index (χ0) is 21.5. The fourth-order valence-electron chi connectivity index (χ4n) is 7.75. The van der Waals surface area contributed by atoms with E-state index in [0.717, 1.165) is 41.6 Å². The van der Waals surface area contributed by atoms with Crippen LogP contribution in [0.15, 0.2) is 5.38 Å². The van der Waals surface area contributed by atoms with Gasteiger partial charge in [0.15, 0.2) is 5.92 Å². The van der Waals surface area contributed by atoms with Gasteiger partial charge >= 0.3 is 0 Å². The zero-order valence-electron chi connectivity index (χ0n) is 19.3. The predicted molar refractivity (Wildman–Crippen MR) is 124 cm³/mol. The number of nitriles is 2. The Balaban J connectivity index is 1.51. The van der Waals surface area contributed by atoms with Crippen LogP contribution in [0.25, 0.3) is 0 Å².